The van der Waals surface area contributed by atoms with Crippen LogP contribution in [0.25, 0.3) is 0 Å². The van der Waals surface area contributed by atoms with Crippen molar-refractivity contribution in [3.05, 3.63) is 57.4 Å². The molecule has 1 unspecified atom stereocenters. The van der Waals surface area contributed by atoms with Gasteiger partial charge in [-0.25, -0.2) is 0 Å². The summed E-state index contributed by atoms with van der Waals surface area (Å²) < 4.78 is 5.93. The second-order valence-electron chi connectivity index (χ2n) is 4.82. The minimum absolute atomic E-state index is 0.0711. The third-order valence-corrected chi connectivity index (χ3v) is 4.19. The number of benzene rings is 1. The van der Waals surface area contributed by atoms with Crippen LogP contribution in [0.3, 0.4) is 0 Å². The molecule has 0 radical (unpaired) electrons. The molecule has 2 aromatic rings. The average Bonchev–Trinajstić information content (AvgIpc) is 3.06. The minimum atomic E-state index is -0.0711. The van der Waals surface area contributed by atoms with E-state index in [9.17, 15) is 4.79 Å². The number of carbonyl (C=O) groups excluding carboxylic acids is 1. The number of carbonyl (C=O) groups is 1. The van der Waals surface area contributed by atoms with Gasteiger partial charge in [-0.2, -0.15) is 0 Å². The van der Waals surface area contributed by atoms with Crippen LogP contribution in [-0.4, -0.2) is 17.4 Å². The number of hydrogen-bond donors (Lipinski definition) is 0. The highest BCUT2D eigenvalue weighted by Crippen LogP contribution is 2.34. The SMILES string of the molecule is O=C(c1ccc(Br)o1)N1CCCC1c1cccc(Cl)c1. The summed E-state index contributed by atoms with van der Waals surface area (Å²) >= 11 is 9.27. The van der Waals surface area contributed by atoms with Gasteiger partial charge in [0.1, 0.15) is 0 Å². The van der Waals surface area contributed by atoms with Crippen LogP contribution in [0.1, 0.15) is 35.0 Å². The highest BCUT2D eigenvalue weighted by molar-refractivity contribution is 9.10. The topological polar surface area (TPSA) is 33.5 Å². The Morgan fingerprint density at radius 1 is 1.35 bits per heavy atom. The molecule has 2 heterocycles. The molecule has 1 aromatic carbocycles. The third kappa shape index (κ3) is 2.63. The van der Waals surface area contributed by atoms with Gasteiger partial charge in [-0.15, -0.1) is 0 Å². The van der Waals surface area contributed by atoms with Gasteiger partial charge in [-0.1, -0.05) is 23.7 Å². The van der Waals surface area contributed by atoms with Gasteiger partial charge < -0.3 is 9.32 Å². The lowest BCUT2D eigenvalue weighted by Crippen LogP contribution is -2.30. The van der Waals surface area contributed by atoms with E-state index in [4.69, 9.17) is 16.0 Å². The molecular weight excluding hydrogens is 342 g/mol. The van der Waals surface area contributed by atoms with Gasteiger partial charge in [-0.05, 0) is 58.6 Å². The Balaban J connectivity index is 1.87. The molecule has 1 aliphatic rings. The van der Waals surface area contributed by atoms with Gasteiger partial charge in [0.15, 0.2) is 10.4 Å². The molecule has 0 aliphatic carbocycles. The lowest BCUT2D eigenvalue weighted by molar-refractivity contribution is 0.0702. The van der Waals surface area contributed by atoms with Crippen LogP contribution in [0.2, 0.25) is 5.02 Å². The summed E-state index contributed by atoms with van der Waals surface area (Å²) in [5, 5.41) is 0.697. The summed E-state index contributed by atoms with van der Waals surface area (Å²) in [4.78, 5) is 14.4. The van der Waals surface area contributed by atoms with Crippen molar-refractivity contribution < 1.29 is 9.21 Å². The first kappa shape index (κ1) is 13.7. The Labute approximate surface area is 130 Å². The predicted molar refractivity (Wildman–Crippen MR) is 80.9 cm³/mol. The summed E-state index contributed by atoms with van der Waals surface area (Å²) in [5.41, 5.74) is 1.08. The molecule has 104 valence electrons. The number of rotatable bonds is 2. The predicted octanol–water partition coefficient (Wildman–Crippen LogP) is 4.67. The molecule has 5 heteroatoms. The summed E-state index contributed by atoms with van der Waals surface area (Å²) in [6.45, 7) is 0.744. The van der Waals surface area contributed by atoms with Crippen LogP contribution in [0.4, 0.5) is 0 Å². The van der Waals surface area contributed by atoms with Gasteiger partial charge in [0.25, 0.3) is 5.91 Å². The second-order valence-corrected chi connectivity index (χ2v) is 6.03. The van der Waals surface area contributed by atoms with Crippen molar-refractivity contribution in [2.45, 2.75) is 18.9 Å². The Kier molecular flexibility index (Phi) is 3.85. The van der Waals surface area contributed by atoms with Gasteiger partial charge >= 0.3 is 0 Å². The minimum Gasteiger partial charge on any atom is -0.444 e. The summed E-state index contributed by atoms with van der Waals surface area (Å²) in [6, 6.07) is 11.2. The zero-order valence-corrected chi connectivity index (χ0v) is 13.0. The molecule has 0 bridgehead atoms. The molecular formula is C15H13BrClNO2. The maximum absolute atomic E-state index is 12.5. The van der Waals surface area contributed by atoms with Gasteiger partial charge in [-0.3, -0.25) is 4.79 Å². The van der Waals surface area contributed by atoms with E-state index in [-0.39, 0.29) is 11.9 Å². The Morgan fingerprint density at radius 3 is 2.90 bits per heavy atom. The van der Waals surface area contributed by atoms with E-state index in [1.807, 2.05) is 29.2 Å². The Morgan fingerprint density at radius 2 is 2.20 bits per heavy atom. The number of nitrogens with zero attached hydrogens (tertiary/aromatic N) is 1. The molecule has 1 atom stereocenters. The van der Waals surface area contributed by atoms with E-state index in [0.29, 0.717) is 15.5 Å². The highest BCUT2D eigenvalue weighted by Gasteiger charge is 2.32. The first-order chi connectivity index (χ1) is 9.65. The van der Waals surface area contributed by atoms with Crippen LogP contribution < -0.4 is 0 Å². The fraction of sp³-hybridized carbons (Fsp3) is 0.267. The van der Waals surface area contributed by atoms with E-state index in [0.717, 1.165) is 24.9 Å². The smallest absolute Gasteiger partial charge is 0.290 e. The van der Waals surface area contributed by atoms with Crippen LogP contribution in [0, 0.1) is 0 Å². The van der Waals surface area contributed by atoms with Crippen LogP contribution in [-0.2, 0) is 0 Å². The molecule has 20 heavy (non-hydrogen) atoms. The van der Waals surface area contributed by atoms with Crippen molar-refractivity contribution in [2.24, 2.45) is 0 Å². The lowest BCUT2D eigenvalue weighted by atomic mass is 10.0. The maximum atomic E-state index is 12.5. The first-order valence-electron chi connectivity index (χ1n) is 6.47. The second kappa shape index (κ2) is 5.62. The molecule has 0 spiro atoms. The van der Waals surface area contributed by atoms with E-state index >= 15 is 0 Å². The van der Waals surface area contributed by atoms with E-state index in [1.165, 1.54) is 0 Å². The summed E-state index contributed by atoms with van der Waals surface area (Å²) in [6.07, 6.45) is 1.94. The van der Waals surface area contributed by atoms with E-state index in [1.54, 1.807) is 12.1 Å². The van der Waals surface area contributed by atoms with E-state index in [2.05, 4.69) is 15.9 Å². The monoisotopic (exact) mass is 353 g/mol. The van der Waals surface area contributed by atoms with Gasteiger partial charge in [0.2, 0.25) is 0 Å². The van der Waals surface area contributed by atoms with Crippen molar-refractivity contribution in [3.63, 3.8) is 0 Å². The van der Waals surface area contributed by atoms with Crippen LogP contribution in [0.15, 0.2) is 45.5 Å². The standard InChI is InChI=1S/C15H13BrClNO2/c16-14-7-6-13(20-14)15(19)18-8-2-5-12(18)10-3-1-4-11(17)9-10/h1,3-4,6-7,9,12H,2,5,8H2. The van der Waals surface area contributed by atoms with Gasteiger partial charge in [0.05, 0.1) is 6.04 Å². The van der Waals surface area contributed by atoms with E-state index < -0.39 is 0 Å². The van der Waals surface area contributed by atoms with Gasteiger partial charge in [0, 0.05) is 11.6 Å². The quantitative estimate of drug-likeness (QED) is 0.785. The largest absolute Gasteiger partial charge is 0.444 e. The lowest BCUT2D eigenvalue weighted by Gasteiger charge is -2.24. The average molecular weight is 355 g/mol. The summed E-state index contributed by atoms with van der Waals surface area (Å²) in [5.74, 6) is 0.295. The molecule has 0 N–H and O–H groups in total. The molecule has 1 aliphatic heterocycles. The highest BCUT2D eigenvalue weighted by atomic mass is 79.9. The number of halogens is 2. The number of furan rings is 1. The third-order valence-electron chi connectivity index (χ3n) is 3.53. The summed E-state index contributed by atoms with van der Waals surface area (Å²) in [7, 11) is 0. The van der Waals surface area contributed by atoms with Crippen molar-refractivity contribution in [1.82, 2.24) is 4.90 Å². The molecule has 0 saturated carbocycles. The van der Waals surface area contributed by atoms with Crippen LogP contribution in [0.5, 0.6) is 0 Å². The normalized spacial score (nSPS) is 18.5. The molecule has 1 saturated heterocycles. The molecule has 1 aromatic heterocycles. The zero-order chi connectivity index (χ0) is 14.1. The molecule has 1 amide bonds. The van der Waals surface area contributed by atoms with Crippen molar-refractivity contribution >= 4 is 33.4 Å². The number of hydrogen-bond acceptors (Lipinski definition) is 2. The van der Waals surface area contributed by atoms with Crippen molar-refractivity contribution in [1.29, 1.82) is 0 Å². The van der Waals surface area contributed by atoms with Crippen LogP contribution >= 0.6 is 27.5 Å². The van der Waals surface area contributed by atoms with Crippen molar-refractivity contribution in [2.75, 3.05) is 6.54 Å². The number of likely N-dealkylation sites (tertiary alicyclic amines) is 1. The number of amides is 1. The van der Waals surface area contributed by atoms with Crippen molar-refractivity contribution in [3.8, 4) is 0 Å². The first-order valence-corrected chi connectivity index (χ1v) is 7.64. The molecule has 3 nitrogen and oxygen atoms in total. The zero-order valence-electron chi connectivity index (χ0n) is 10.7. The fourth-order valence-corrected chi connectivity index (χ4v) is 3.15. The Bertz CT molecular complexity index is 640. The maximum Gasteiger partial charge on any atom is 0.290 e. The molecule has 3 rings (SSSR count). The Hall–Kier alpha value is -1.26. The molecule has 1 fully saturated rings. The fourth-order valence-electron chi connectivity index (χ4n) is 2.64.